The van der Waals surface area contributed by atoms with E-state index in [0.29, 0.717) is 36.4 Å². The van der Waals surface area contributed by atoms with Gasteiger partial charge in [-0.15, -0.1) is 0 Å². The molecule has 1 aromatic heterocycles. The first kappa shape index (κ1) is 20.6. The molecule has 0 spiro atoms. The minimum atomic E-state index is -0.164. The summed E-state index contributed by atoms with van der Waals surface area (Å²) >= 11 is 0. The van der Waals surface area contributed by atoms with Crippen molar-refractivity contribution in [3.63, 3.8) is 0 Å². The van der Waals surface area contributed by atoms with Crippen LogP contribution in [0, 0.1) is 5.92 Å². The molecule has 1 fully saturated rings. The van der Waals surface area contributed by atoms with Crippen LogP contribution in [-0.4, -0.2) is 47.7 Å². The quantitative estimate of drug-likeness (QED) is 0.789. The standard InChI is InChI=1S/C23H31N5O2/c1-23(2,3)27-22-25-12-8-20(26-22)28(15-16-6-10-24-11-7-16)21(29)18-4-5-19-17(14-18)9-13-30-19/h4-5,8,12,14,16,24H,6-7,9-11,13,15H2,1-3H3,(H,25,26,27). The predicted molar refractivity (Wildman–Crippen MR) is 118 cm³/mol. The van der Waals surface area contributed by atoms with Crippen molar-refractivity contribution in [3.05, 3.63) is 41.6 Å². The van der Waals surface area contributed by atoms with Gasteiger partial charge in [-0.25, -0.2) is 4.98 Å². The fourth-order valence-corrected chi connectivity index (χ4v) is 3.97. The molecule has 1 amide bonds. The molecule has 0 radical (unpaired) electrons. The van der Waals surface area contributed by atoms with Crippen LogP contribution in [0.15, 0.2) is 30.5 Å². The zero-order valence-corrected chi connectivity index (χ0v) is 18.1. The number of rotatable bonds is 5. The molecule has 4 rings (SSSR count). The van der Waals surface area contributed by atoms with Gasteiger partial charge in [0.15, 0.2) is 0 Å². The number of fused-ring (bicyclic) bond motifs is 1. The Kier molecular flexibility index (Phi) is 5.90. The van der Waals surface area contributed by atoms with Gasteiger partial charge in [-0.05, 0) is 82.4 Å². The van der Waals surface area contributed by atoms with Gasteiger partial charge in [0.2, 0.25) is 5.95 Å². The van der Waals surface area contributed by atoms with Crippen molar-refractivity contribution in [2.24, 2.45) is 5.92 Å². The van der Waals surface area contributed by atoms with Gasteiger partial charge in [-0.3, -0.25) is 9.69 Å². The van der Waals surface area contributed by atoms with Crippen molar-refractivity contribution in [3.8, 4) is 5.75 Å². The molecule has 0 atom stereocenters. The maximum absolute atomic E-state index is 13.6. The van der Waals surface area contributed by atoms with E-state index >= 15 is 0 Å². The molecule has 2 aliphatic heterocycles. The van der Waals surface area contributed by atoms with Crippen LogP contribution >= 0.6 is 0 Å². The average Bonchev–Trinajstić information content (AvgIpc) is 3.19. The molecule has 2 aromatic rings. The molecule has 1 aromatic carbocycles. The largest absolute Gasteiger partial charge is 0.493 e. The van der Waals surface area contributed by atoms with Gasteiger partial charge >= 0.3 is 0 Å². The van der Waals surface area contributed by atoms with E-state index in [4.69, 9.17) is 4.74 Å². The summed E-state index contributed by atoms with van der Waals surface area (Å²) in [6.45, 7) is 9.50. The van der Waals surface area contributed by atoms with E-state index in [1.807, 2.05) is 29.2 Å². The number of hydrogen-bond acceptors (Lipinski definition) is 6. The Labute approximate surface area is 178 Å². The van der Waals surface area contributed by atoms with Gasteiger partial charge in [-0.1, -0.05) is 0 Å². The Balaban J connectivity index is 1.64. The Hall–Kier alpha value is -2.67. The molecule has 0 aliphatic carbocycles. The third-order valence-corrected chi connectivity index (χ3v) is 5.49. The number of carbonyl (C=O) groups is 1. The van der Waals surface area contributed by atoms with E-state index < -0.39 is 0 Å². The molecule has 0 bridgehead atoms. The number of benzene rings is 1. The van der Waals surface area contributed by atoms with Crippen molar-refractivity contribution < 1.29 is 9.53 Å². The van der Waals surface area contributed by atoms with E-state index in [1.54, 1.807) is 6.20 Å². The molecule has 2 N–H and O–H groups in total. The zero-order chi connectivity index (χ0) is 21.1. The summed E-state index contributed by atoms with van der Waals surface area (Å²) in [5.41, 5.74) is 1.61. The Morgan fingerprint density at radius 3 is 2.83 bits per heavy atom. The van der Waals surface area contributed by atoms with E-state index in [0.717, 1.165) is 43.7 Å². The average molecular weight is 410 g/mol. The number of ether oxygens (including phenoxy) is 1. The second-order valence-electron chi connectivity index (χ2n) is 9.14. The lowest BCUT2D eigenvalue weighted by Crippen LogP contribution is -2.40. The van der Waals surface area contributed by atoms with Gasteiger partial charge in [-0.2, -0.15) is 4.98 Å². The van der Waals surface area contributed by atoms with Crippen LogP contribution < -0.4 is 20.3 Å². The van der Waals surface area contributed by atoms with Gasteiger partial charge in [0, 0.05) is 30.3 Å². The lowest BCUT2D eigenvalue weighted by atomic mass is 9.97. The zero-order valence-electron chi connectivity index (χ0n) is 18.1. The summed E-state index contributed by atoms with van der Waals surface area (Å²) in [7, 11) is 0. The highest BCUT2D eigenvalue weighted by atomic mass is 16.5. The number of hydrogen-bond donors (Lipinski definition) is 2. The molecule has 7 nitrogen and oxygen atoms in total. The Bertz CT molecular complexity index is 903. The summed E-state index contributed by atoms with van der Waals surface area (Å²) in [6, 6.07) is 7.56. The molecule has 0 unspecified atom stereocenters. The summed E-state index contributed by atoms with van der Waals surface area (Å²) in [6.07, 6.45) is 4.67. The maximum Gasteiger partial charge on any atom is 0.259 e. The number of nitrogens with one attached hydrogen (secondary N) is 2. The molecule has 2 aliphatic rings. The molecule has 7 heteroatoms. The third kappa shape index (κ3) is 4.90. The van der Waals surface area contributed by atoms with Crippen molar-refractivity contribution in [2.45, 2.75) is 45.6 Å². The molecule has 3 heterocycles. The van der Waals surface area contributed by atoms with Crippen LogP contribution in [-0.2, 0) is 6.42 Å². The van der Waals surface area contributed by atoms with E-state index in [-0.39, 0.29) is 11.4 Å². The van der Waals surface area contributed by atoms with Gasteiger partial charge in [0.25, 0.3) is 5.91 Å². The Morgan fingerprint density at radius 1 is 1.27 bits per heavy atom. The number of anilines is 2. The van der Waals surface area contributed by atoms with Crippen LogP contribution in [0.25, 0.3) is 0 Å². The number of nitrogens with zero attached hydrogens (tertiary/aromatic N) is 3. The van der Waals surface area contributed by atoms with Crippen molar-refractivity contribution in [1.82, 2.24) is 15.3 Å². The molecular formula is C23H31N5O2. The lowest BCUT2D eigenvalue weighted by molar-refractivity contribution is 0.0980. The molecule has 30 heavy (non-hydrogen) atoms. The highest BCUT2D eigenvalue weighted by molar-refractivity contribution is 6.05. The lowest BCUT2D eigenvalue weighted by Gasteiger charge is -2.30. The summed E-state index contributed by atoms with van der Waals surface area (Å²) < 4.78 is 5.60. The summed E-state index contributed by atoms with van der Waals surface area (Å²) in [5, 5.41) is 6.70. The molecular weight excluding hydrogens is 378 g/mol. The number of piperidine rings is 1. The van der Waals surface area contributed by atoms with Crippen molar-refractivity contribution in [2.75, 3.05) is 36.5 Å². The van der Waals surface area contributed by atoms with Gasteiger partial charge < -0.3 is 15.4 Å². The van der Waals surface area contributed by atoms with E-state index in [1.165, 1.54) is 0 Å². The first-order valence-electron chi connectivity index (χ1n) is 10.8. The van der Waals surface area contributed by atoms with Crippen molar-refractivity contribution >= 4 is 17.7 Å². The topological polar surface area (TPSA) is 79.4 Å². The number of aromatic nitrogens is 2. The van der Waals surface area contributed by atoms with Crippen LogP contribution in [0.5, 0.6) is 5.75 Å². The van der Waals surface area contributed by atoms with E-state index in [2.05, 4.69) is 41.4 Å². The van der Waals surface area contributed by atoms with Crippen LogP contribution in [0.4, 0.5) is 11.8 Å². The molecule has 1 saturated heterocycles. The van der Waals surface area contributed by atoms with Gasteiger partial charge in [0.1, 0.15) is 11.6 Å². The number of amides is 1. The number of carbonyl (C=O) groups excluding carboxylic acids is 1. The maximum atomic E-state index is 13.6. The fourth-order valence-electron chi connectivity index (χ4n) is 3.97. The first-order chi connectivity index (χ1) is 14.4. The molecule has 160 valence electrons. The third-order valence-electron chi connectivity index (χ3n) is 5.49. The van der Waals surface area contributed by atoms with Crippen LogP contribution in [0.2, 0.25) is 0 Å². The van der Waals surface area contributed by atoms with Crippen LogP contribution in [0.1, 0.15) is 49.5 Å². The molecule has 0 saturated carbocycles. The second-order valence-corrected chi connectivity index (χ2v) is 9.14. The second kappa shape index (κ2) is 8.60. The Morgan fingerprint density at radius 2 is 2.07 bits per heavy atom. The summed E-state index contributed by atoms with van der Waals surface area (Å²) in [5.74, 6) is 2.48. The SMILES string of the molecule is CC(C)(C)Nc1nccc(N(CC2CCNCC2)C(=O)c2ccc3c(c2)CCO3)n1. The van der Waals surface area contributed by atoms with Crippen LogP contribution in [0.3, 0.4) is 0 Å². The normalized spacial score (nSPS) is 16.6. The fraction of sp³-hybridized carbons (Fsp3) is 0.522. The minimum Gasteiger partial charge on any atom is -0.493 e. The summed E-state index contributed by atoms with van der Waals surface area (Å²) in [4.78, 5) is 24.5. The first-order valence-corrected chi connectivity index (χ1v) is 10.8. The highest BCUT2D eigenvalue weighted by Crippen LogP contribution is 2.28. The van der Waals surface area contributed by atoms with Gasteiger partial charge in [0.05, 0.1) is 6.61 Å². The minimum absolute atomic E-state index is 0.0244. The smallest absolute Gasteiger partial charge is 0.259 e. The predicted octanol–water partition coefficient (Wildman–Crippen LogP) is 3.27. The monoisotopic (exact) mass is 409 g/mol. The van der Waals surface area contributed by atoms with Crippen molar-refractivity contribution in [1.29, 1.82) is 0 Å². The highest BCUT2D eigenvalue weighted by Gasteiger charge is 2.26. The van der Waals surface area contributed by atoms with E-state index in [9.17, 15) is 4.79 Å².